The maximum absolute atomic E-state index is 12.7. The van der Waals surface area contributed by atoms with Gasteiger partial charge in [0.15, 0.2) is 5.16 Å². The molecular formula is C21H21N3O2S. The normalized spacial score (nSPS) is 13.6. The topological polar surface area (TPSA) is 55.2 Å². The van der Waals surface area contributed by atoms with Gasteiger partial charge in [0, 0.05) is 20.1 Å². The van der Waals surface area contributed by atoms with Crippen LogP contribution in [0.15, 0.2) is 52.4 Å². The maximum atomic E-state index is 12.7. The first-order valence-corrected chi connectivity index (χ1v) is 9.96. The molecule has 0 aliphatic carbocycles. The Bertz CT molecular complexity index is 1090. The van der Waals surface area contributed by atoms with E-state index in [1.807, 2.05) is 42.2 Å². The molecule has 2 heterocycles. The van der Waals surface area contributed by atoms with E-state index in [1.54, 1.807) is 7.05 Å². The van der Waals surface area contributed by atoms with Crippen LogP contribution in [0.5, 0.6) is 0 Å². The van der Waals surface area contributed by atoms with Crippen LogP contribution in [0.3, 0.4) is 0 Å². The Hall–Kier alpha value is -2.60. The van der Waals surface area contributed by atoms with Crippen molar-refractivity contribution >= 4 is 28.6 Å². The zero-order valence-corrected chi connectivity index (χ0v) is 16.3. The van der Waals surface area contributed by atoms with Gasteiger partial charge in [0.05, 0.1) is 16.7 Å². The Balaban J connectivity index is 1.50. The number of aromatic nitrogens is 2. The van der Waals surface area contributed by atoms with Crippen LogP contribution in [0.2, 0.25) is 0 Å². The van der Waals surface area contributed by atoms with Gasteiger partial charge in [-0.05, 0) is 36.6 Å². The van der Waals surface area contributed by atoms with E-state index in [4.69, 9.17) is 0 Å². The standard InChI is InChI=1S/C21H21N3O2S/c1-14-7-8-18-17(11-14)20(26)23(2)21(22-18)27-13-19(25)24-10-9-15-5-3-4-6-16(15)12-24/h3-8,11H,9-10,12-13H2,1-2H3. The molecule has 2 aromatic carbocycles. The quantitative estimate of drug-likeness (QED) is 0.519. The van der Waals surface area contributed by atoms with Gasteiger partial charge in [-0.25, -0.2) is 4.98 Å². The number of hydrogen-bond donors (Lipinski definition) is 0. The van der Waals surface area contributed by atoms with E-state index in [9.17, 15) is 9.59 Å². The third-order valence-corrected chi connectivity index (χ3v) is 6.01. The average molecular weight is 379 g/mol. The fourth-order valence-corrected chi connectivity index (χ4v) is 4.29. The van der Waals surface area contributed by atoms with Crippen molar-refractivity contribution < 1.29 is 4.79 Å². The average Bonchev–Trinajstić information content (AvgIpc) is 2.69. The molecule has 6 heteroatoms. The van der Waals surface area contributed by atoms with Crippen molar-refractivity contribution in [3.05, 3.63) is 69.5 Å². The van der Waals surface area contributed by atoms with Gasteiger partial charge in [-0.2, -0.15) is 0 Å². The van der Waals surface area contributed by atoms with Crippen LogP contribution in [-0.4, -0.2) is 32.7 Å². The Labute approximate surface area is 162 Å². The Morgan fingerprint density at radius 1 is 1.19 bits per heavy atom. The second-order valence-electron chi connectivity index (χ2n) is 6.90. The first-order valence-electron chi connectivity index (χ1n) is 8.97. The molecule has 4 rings (SSSR count). The van der Waals surface area contributed by atoms with Crippen molar-refractivity contribution in [2.45, 2.75) is 25.0 Å². The van der Waals surface area contributed by atoms with E-state index >= 15 is 0 Å². The van der Waals surface area contributed by atoms with Crippen LogP contribution in [-0.2, 0) is 24.8 Å². The summed E-state index contributed by atoms with van der Waals surface area (Å²) < 4.78 is 1.53. The molecule has 0 unspecified atom stereocenters. The van der Waals surface area contributed by atoms with Crippen molar-refractivity contribution in [1.29, 1.82) is 0 Å². The molecule has 27 heavy (non-hydrogen) atoms. The predicted octanol–water partition coefficient (Wildman–Crippen LogP) is 2.92. The Morgan fingerprint density at radius 3 is 2.78 bits per heavy atom. The largest absolute Gasteiger partial charge is 0.337 e. The summed E-state index contributed by atoms with van der Waals surface area (Å²) in [6.07, 6.45) is 0.888. The highest BCUT2D eigenvalue weighted by Gasteiger charge is 2.21. The molecule has 1 aliphatic heterocycles. The van der Waals surface area contributed by atoms with E-state index in [0.29, 0.717) is 22.6 Å². The molecule has 1 amide bonds. The van der Waals surface area contributed by atoms with E-state index in [0.717, 1.165) is 18.5 Å². The third-order valence-electron chi connectivity index (χ3n) is 5.00. The van der Waals surface area contributed by atoms with Crippen LogP contribution >= 0.6 is 11.8 Å². The fourth-order valence-electron chi connectivity index (χ4n) is 3.42. The Morgan fingerprint density at radius 2 is 1.96 bits per heavy atom. The number of hydrogen-bond acceptors (Lipinski definition) is 4. The van der Waals surface area contributed by atoms with Crippen molar-refractivity contribution in [1.82, 2.24) is 14.5 Å². The zero-order chi connectivity index (χ0) is 19.0. The second-order valence-corrected chi connectivity index (χ2v) is 7.84. The number of thioether (sulfide) groups is 1. The highest BCUT2D eigenvalue weighted by atomic mass is 32.2. The Kier molecular flexibility index (Phi) is 4.74. The first-order chi connectivity index (χ1) is 13.0. The lowest BCUT2D eigenvalue weighted by Crippen LogP contribution is -2.37. The molecule has 138 valence electrons. The lowest BCUT2D eigenvalue weighted by Gasteiger charge is -2.28. The molecule has 3 aromatic rings. The lowest BCUT2D eigenvalue weighted by molar-refractivity contribution is -0.129. The summed E-state index contributed by atoms with van der Waals surface area (Å²) >= 11 is 1.32. The summed E-state index contributed by atoms with van der Waals surface area (Å²) in [5.41, 5.74) is 4.16. The van der Waals surface area contributed by atoms with Crippen LogP contribution in [0.1, 0.15) is 16.7 Å². The number of nitrogens with zero attached hydrogens (tertiary/aromatic N) is 3. The maximum Gasteiger partial charge on any atom is 0.261 e. The molecule has 0 atom stereocenters. The van der Waals surface area contributed by atoms with Crippen molar-refractivity contribution in [3.63, 3.8) is 0 Å². The summed E-state index contributed by atoms with van der Waals surface area (Å²) in [5, 5.41) is 1.18. The smallest absolute Gasteiger partial charge is 0.261 e. The predicted molar refractivity (Wildman–Crippen MR) is 108 cm³/mol. The lowest BCUT2D eigenvalue weighted by atomic mass is 10.00. The molecule has 0 spiro atoms. The van der Waals surface area contributed by atoms with Crippen molar-refractivity contribution in [2.75, 3.05) is 12.3 Å². The van der Waals surface area contributed by atoms with Gasteiger partial charge in [0.2, 0.25) is 5.91 Å². The van der Waals surface area contributed by atoms with Gasteiger partial charge >= 0.3 is 0 Å². The monoisotopic (exact) mass is 379 g/mol. The van der Waals surface area contributed by atoms with Crippen LogP contribution in [0, 0.1) is 6.92 Å². The van der Waals surface area contributed by atoms with E-state index in [2.05, 4.69) is 17.1 Å². The van der Waals surface area contributed by atoms with Crippen LogP contribution in [0.4, 0.5) is 0 Å². The highest BCUT2D eigenvalue weighted by Crippen LogP contribution is 2.22. The summed E-state index contributed by atoms with van der Waals surface area (Å²) in [6.45, 7) is 3.34. The highest BCUT2D eigenvalue weighted by molar-refractivity contribution is 7.99. The van der Waals surface area contributed by atoms with Gasteiger partial charge in [0.1, 0.15) is 0 Å². The summed E-state index contributed by atoms with van der Waals surface area (Å²) in [7, 11) is 1.71. The molecule has 0 radical (unpaired) electrons. The number of fused-ring (bicyclic) bond motifs is 2. The van der Waals surface area contributed by atoms with Gasteiger partial charge in [0.25, 0.3) is 5.56 Å². The van der Waals surface area contributed by atoms with Crippen LogP contribution in [0.25, 0.3) is 10.9 Å². The van der Waals surface area contributed by atoms with E-state index < -0.39 is 0 Å². The number of amides is 1. The van der Waals surface area contributed by atoms with E-state index in [1.165, 1.54) is 27.5 Å². The van der Waals surface area contributed by atoms with Crippen LogP contribution < -0.4 is 5.56 Å². The fraction of sp³-hybridized carbons (Fsp3) is 0.286. The van der Waals surface area contributed by atoms with Crippen molar-refractivity contribution in [2.24, 2.45) is 7.05 Å². The number of aryl methyl sites for hydroxylation is 1. The van der Waals surface area contributed by atoms with Gasteiger partial charge in [-0.1, -0.05) is 47.7 Å². The first kappa shape index (κ1) is 17.8. The molecule has 0 bridgehead atoms. The SMILES string of the molecule is Cc1ccc2nc(SCC(=O)N3CCc4ccccc4C3)n(C)c(=O)c2c1. The van der Waals surface area contributed by atoms with Crippen molar-refractivity contribution in [3.8, 4) is 0 Å². The minimum atomic E-state index is -0.0782. The minimum Gasteiger partial charge on any atom is -0.337 e. The molecule has 0 saturated carbocycles. The number of rotatable bonds is 3. The molecule has 1 aromatic heterocycles. The molecule has 0 fully saturated rings. The molecular weight excluding hydrogens is 358 g/mol. The molecule has 1 aliphatic rings. The summed E-state index contributed by atoms with van der Waals surface area (Å²) in [6, 6.07) is 13.9. The third kappa shape index (κ3) is 3.49. The van der Waals surface area contributed by atoms with E-state index in [-0.39, 0.29) is 17.2 Å². The zero-order valence-electron chi connectivity index (χ0n) is 15.4. The number of benzene rings is 2. The molecule has 0 N–H and O–H groups in total. The number of carbonyl (C=O) groups excluding carboxylic acids is 1. The summed E-state index contributed by atoms with van der Waals surface area (Å²) in [5.74, 6) is 0.354. The second kappa shape index (κ2) is 7.19. The van der Waals surface area contributed by atoms with Gasteiger partial charge < -0.3 is 4.90 Å². The molecule has 5 nitrogen and oxygen atoms in total. The van der Waals surface area contributed by atoms with Gasteiger partial charge in [-0.3, -0.25) is 14.2 Å². The van der Waals surface area contributed by atoms with Gasteiger partial charge in [-0.15, -0.1) is 0 Å². The minimum absolute atomic E-state index is 0.0766. The number of carbonyl (C=O) groups is 1. The summed E-state index contributed by atoms with van der Waals surface area (Å²) in [4.78, 5) is 31.7. The molecule has 0 saturated heterocycles.